The molecule has 2 aromatic rings. The van der Waals surface area contributed by atoms with Crippen molar-refractivity contribution < 1.29 is 4.39 Å². The molecule has 2 nitrogen and oxygen atoms in total. The summed E-state index contributed by atoms with van der Waals surface area (Å²) in [6.07, 6.45) is 0. The van der Waals surface area contributed by atoms with Crippen LogP contribution in [0.1, 0.15) is 23.6 Å². The molecule has 110 valence electrons. The summed E-state index contributed by atoms with van der Waals surface area (Å²) >= 11 is 5.00. The zero-order chi connectivity index (χ0) is 15.4. The lowest BCUT2D eigenvalue weighted by Gasteiger charge is -2.24. The van der Waals surface area contributed by atoms with Gasteiger partial charge in [0.1, 0.15) is 10.8 Å². The summed E-state index contributed by atoms with van der Waals surface area (Å²) in [6.45, 7) is 5.76. The lowest BCUT2D eigenvalue weighted by Crippen LogP contribution is -2.22. The standard InChI is InChI=1S/C17H19FN2S/c1-3-20(16-8-6-15(18)7-9-16)11-14-5-4-13(17(19)21)10-12(14)2/h4-10H,3,11H2,1-2H3,(H2,19,21). The third-order valence-electron chi connectivity index (χ3n) is 3.56. The van der Waals surface area contributed by atoms with Gasteiger partial charge in [-0.3, -0.25) is 0 Å². The number of halogens is 1. The van der Waals surface area contributed by atoms with Gasteiger partial charge in [0.2, 0.25) is 0 Å². The molecule has 0 unspecified atom stereocenters. The Kier molecular flexibility index (Phi) is 4.91. The van der Waals surface area contributed by atoms with Crippen LogP contribution in [-0.4, -0.2) is 11.5 Å². The second-order valence-electron chi connectivity index (χ2n) is 5.00. The molecule has 0 aliphatic carbocycles. The van der Waals surface area contributed by atoms with E-state index in [9.17, 15) is 4.39 Å². The van der Waals surface area contributed by atoms with Gasteiger partial charge in [0.05, 0.1) is 0 Å². The summed E-state index contributed by atoms with van der Waals surface area (Å²) in [4.78, 5) is 2.61. The molecular weight excluding hydrogens is 283 g/mol. The Morgan fingerprint density at radius 3 is 2.38 bits per heavy atom. The van der Waals surface area contributed by atoms with Crippen LogP contribution in [0.4, 0.5) is 10.1 Å². The fraction of sp³-hybridized carbons (Fsp3) is 0.235. The molecule has 2 aromatic carbocycles. The van der Waals surface area contributed by atoms with Gasteiger partial charge in [-0.15, -0.1) is 0 Å². The Morgan fingerprint density at radius 1 is 1.19 bits per heavy atom. The number of rotatable bonds is 5. The van der Waals surface area contributed by atoms with Crippen LogP contribution in [-0.2, 0) is 6.54 Å². The van der Waals surface area contributed by atoms with E-state index in [1.807, 2.05) is 12.1 Å². The van der Waals surface area contributed by atoms with Crippen molar-refractivity contribution in [1.82, 2.24) is 0 Å². The number of hydrogen-bond donors (Lipinski definition) is 1. The van der Waals surface area contributed by atoms with Crippen LogP contribution in [0.3, 0.4) is 0 Å². The highest BCUT2D eigenvalue weighted by Gasteiger charge is 2.08. The van der Waals surface area contributed by atoms with Gasteiger partial charge < -0.3 is 10.6 Å². The minimum absolute atomic E-state index is 0.216. The minimum Gasteiger partial charge on any atom is -0.389 e. The molecule has 0 spiro atoms. The van der Waals surface area contributed by atoms with E-state index in [0.29, 0.717) is 4.99 Å². The highest BCUT2D eigenvalue weighted by molar-refractivity contribution is 7.80. The van der Waals surface area contributed by atoms with Crippen molar-refractivity contribution in [1.29, 1.82) is 0 Å². The van der Waals surface area contributed by atoms with Gasteiger partial charge in [-0.2, -0.15) is 0 Å². The summed E-state index contributed by atoms with van der Waals surface area (Å²) < 4.78 is 13.0. The van der Waals surface area contributed by atoms with Crippen LogP contribution in [0, 0.1) is 12.7 Å². The third kappa shape index (κ3) is 3.79. The third-order valence-corrected chi connectivity index (χ3v) is 3.80. The van der Waals surface area contributed by atoms with Crippen molar-refractivity contribution in [2.75, 3.05) is 11.4 Å². The van der Waals surface area contributed by atoms with Crippen LogP contribution >= 0.6 is 12.2 Å². The number of hydrogen-bond acceptors (Lipinski definition) is 2. The predicted molar refractivity (Wildman–Crippen MR) is 90.2 cm³/mol. The van der Waals surface area contributed by atoms with Crippen molar-refractivity contribution in [2.45, 2.75) is 20.4 Å². The first-order chi connectivity index (χ1) is 10.0. The summed E-state index contributed by atoms with van der Waals surface area (Å²) in [5.41, 5.74) is 9.91. The van der Waals surface area contributed by atoms with Gasteiger partial charge in [-0.05, 0) is 55.3 Å². The Bertz CT molecular complexity index is 638. The summed E-state index contributed by atoms with van der Waals surface area (Å²) in [5, 5.41) is 0. The van der Waals surface area contributed by atoms with Crippen LogP contribution < -0.4 is 10.6 Å². The van der Waals surface area contributed by atoms with Crippen LogP contribution in [0.2, 0.25) is 0 Å². The van der Waals surface area contributed by atoms with E-state index in [0.717, 1.165) is 29.9 Å². The minimum atomic E-state index is -0.216. The predicted octanol–water partition coefficient (Wildman–Crippen LogP) is 3.79. The normalized spacial score (nSPS) is 10.4. The number of benzene rings is 2. The average Bonchev–Trinajstić information content (AvgIpc) is 2.47. The Balaban J connectivity index is 2.22. The van der Waals surface area contributed by atoms with E-state index in [1.165, 1.54) is 17.7 Å². The van der Waals surface area contributed by atoms with Gasteiger partial charge >= 0.3 is 0 Å². The maximum Gasteiger partial charge on any atom is 0.123 e. The number of nitrogens with two attached hydrogens (primary N) is 1. The number of anilines is 1. The second-order valence-corrected chi connectivity index (χ2v) is 5.44. The van der Waals surface area contributed by atoms with Crippen molar-refractivity contribution >= 4 is 22.9 Å². The topological polar surface area (TPSA) is 29.3 Å². The highest BCUT2D eigenvalue weighted by Crippen LogP contribution is 2.20. The van der Waals surface area contributed by atoms with Gasteiger partial charge in [0, 0.05) is 24.3 Å². The summed E-state index contributed by atoms with van der Waals surface area (Å²) in [7, 11) is 0. The number of nitrogens with zero attached hydrogens (tertiary/aromatic N) is 1. The molecule has 0 fully saturated rings. The van der Waals surface area contributed by atoms with E-state index >= 15 is 0 Å². The summed E-state index contributed by atoms with van der Waals surface area (Å²) in [6, 6.07) is 12.6. The first-order valence-corrected chi connectivity index (χ1v) is 7.32. The molecule has 2 rings (SSSR count). The molecule has 21 heavy (non-hydrogen) atoms. The van der Waals surface area contributed by atoms with Crippen LogP contribution in [0.5, 0.6) is 0 Å². The zero-order valence-electron chi connectivity index (χ0n) is 12.3. The SMILES string of the molecule is CCN(Cc1ccc(C(N)=S)cc1C)c1ccc(F)cc1. The molecule has 0 atom stereocenters. The smallest absolute Gasteiger partial charge is 0.123 e. The van der Waals surface area contributed by atoms with Gasteiger partial charge in [0.25, 0.3) is 0 Å². The van der Waals surface area contributed by atoms with Gasteiger partial charge in [-0.25, -0.2) is 4.39 Å². The number of thiocarbonyl (C=S) groups is 1. The Labute approximate surface area is 130 Å². The van der Waals surface area contributed by atoms with Crippen LogP contribution in [0.25, 0.3) is 0 Å². The molecule has 0 aromatic heterocycles. The van der Waals surface area contributed by atoms with E-state index < -0.39 is 0 Å². The van der Waals surface area contributed by atoms with Crippen molar-refractivity contribution in [3.63, 3.8) is 0 Å². The molecule has 0 saturated heterocycles. The molecule has 0 heterocycles. The maximum atomic E-state index is 13.0. The number of aryl methyl sites for hydroxylation is 1. The molecule has 0 aliphatic heterocycles. The first-order valence-electron chi connectivity index (χ1n) is 6.91. The lowest BCUT2D eigenvalue weighted by atomic mass is 10.0. The monoisotopic (exact) mass is 302 g/mol. The summed E-state index contributed by atoms with van der Waals surface area (Å²) in [5.74, 6) is -0.216. The average molecular weight is 302 g/mol. The maximum absolute atomic E-state index is 13.0. The van der Waals surface area contributed by atoms with Crippen molar-refractivity contribution in [3.8, 4) is 0 Å². The Morgan fingerprint density at radius 2 is 1.86 bits per heavy atom. The van der Waals surface area contributed by atoms with Crippen molar-refractivity contribution in [2.24, 2.45) is 5.73 Å². The molecule has 0 bridgehead atoms. The molecule has 0 radical (unpaired) electrons. The fourth-order valence-electron chi connectivity index (χ4n) is 2.27. The molecule has 0 saturated carbocycles. The molecular formula is C17H19FN2S. The van der Waals surface area contributed by atoms with E-state index in [1.54, 1.807) is 12.1 Å². The van der Waals surface area contributed by atoms with E-state index in [4.69, 9.17) is 18.0 Å². The fourth-order valence-corrected chi connectivity index (χ4v) is 2.40. The lowest BCUT2D eigenvalue weighted by molar-refractivity contribution is 0.627. The zero-order valence-corrected chi connectivity index (χ0v) is 13.1. The van der Waals surface area contributed by atoms with Crippen LogP contribution in [0.15, 0.2) is 42.5 Å². The van der Waals surface area contributed by atoms with Gasteiger partial charge in [-0.1, -0.05) is 24.4 Å². The van der Waals surface area contributed by atoms with E-state index in [2.05, 4.69) is 24.8 Å². The van der Waals surface area contributed by atoms with Gasteiger partial charge in [0.15, 0.2) is 0 Å². The molecule has 2 N–H and O–H groups in total. The largest absolute Gasteiger partial charge is 0.389 e. The second kappa shape index (κ2) is 6.68. The highest BCUT2D eigenvalue weighted by atomic mass is 32.1. The molecule has 0 amide bonds. The molecule has 4 heteroatoms. The molecule has 0 aliphatic rings. The van der Waals surface area contributed by atoms with Crippen molar-refractivity contribution in [3.05, 3.63) is 65.0 Å². The first kappa shape index (κ1) is 15.4. The van der Waals surface area contributed by atoms with E-state index in [-0.39, 0.29) is 5.82 Å². The Hall–Kier alpha value is -1.94. The quantitative estimate of drug-likeness (QED) is 0.852.